The van der Waals surface area contributed by atoms with Gasteiger partial charge in [-0.15, -0.1) is 11.3 Å². The highest BCUT2D eigenvalue weighted by Gasteiger charge is 2.38. The van der Waals surface area contributed by atoms with Crippen molar-refractivity contribution in [3.8, 4) is 32.8 Å². The predicted octanol–water partition coefficient (Wildman–Crippen LogP) is 11.4. The normalized spacial score (nSPS) is 13.9. The van der Waals surface area contributed by atoms with Gasteiger partial charge in [-0.2, -0.15) is 0 Å². The first-order valence-corrected chi connectivity index (χ1v) is 16.2. The molecule has 0 spiro atoms. The molecule has 0 N–H and O–H groups in total. The number of fused-ring (bicyclic) bond motifs is 4. The molecule has 0 radical (unpaired) electrons. The summed E-state index contributed by atoms with van der Waals surface area (Å²) in [5.74, 6) is 0.0765. The molecular formula is C42H33NS. The van der Waals surface area contributed by atoms with E-state index in [4.69, 9.17) is 4.98 Å². The SMILES string of the molecule is Cc1cc(-c2nc3ccccc3s2)ccc1-c1ccccc1C(c1ccccc1)c1cccc2c1-c1ccccc1C2(C)C. The molecule has 6 aromatic carbocycles. The first-order chi connectivity index (χ1) is 21.5. The summed E-state index contributed by atoms with van der Waals surface area (Å²) in [5.41, 5.74) is 15.5. The fraction of sp³-hybridized carbons (Fsp3) is 0.119. The Hall–Kier alpha value is -4.79. The van der Waals surface area contributed by atoms with Crippen LogP contribution in [0.25, 0.3) is 43.0 Å². The molecule has 1 aliphatic carbocycles. The second kappa shape index (κ2) is 10.4. The Kier molecular flexibility index (Phi) is 6.36. The summed E-state index contributed by atoms with van der Waals surface area (Å²) in [7, 11) is 0. The molecule has 1 aliphatic rings. The van der Waals surface area contributed by atoms with Gasteiger partial charge in [0.25, 0.3) is 0 Å². The molecule has 0 bridgehead atoms. The number of benzene rings is 6. The molecule has 212 valence electrons. The van der Waals surface area contributed by atoms with Gasteiger partial charge in [-0.05, 0) is 80.8 Å². The number of rotatable bonds is 5. The third-order valence-corrected chi connectivity index (χ3v) is 10.5. The van der Waals surface area contributed by atoms with E-state index in [1.54, 1.807) is 11.3 Å². The summed E-state index contributed by atoms with van der Waals surface area (Å²) in [4.78, 5) is 4.93. The summed E-state index contributed by atoms with van der Waals surface area (Å²) in [6.07, 6.45) is 0. The number of hydrogen-bond acceptors (Lipinski definition) is 2. The lowest BCUT2D eigenvalue weighted by Crippen LogP contribution is -2.15. The number of aromatic nitrogens is 1. The minimum Gasteiger partial charge on any atom is -0.236 e. The van der Waals surface area contributed by atoms with Crippen LogP contribution in [0.5, 0.6) is 0 Å². The molecule has 7 aromatic rings. The number of thiazole rings is 1. The van der Waals surface area contributed by atoms with Crippen molar-refractivity contribution in [2.45, 2.75) is 32.1 Å². The van der Waals surface area contributed by atoms with Gasteiger partial charge < -0.3 is 0 Å². The first-order valence-electron chi connectivity index (χ1n) is 15.3. The van der Waals surface area contributed by atoms with Crippen LogP contribution < -0.4 is 0 Å². The Balaban J connectivity index is 1.31. The third-order valence-electron chi connectivity index (χ3n) is 9.41. The smallest absolute Gasteiger partial charge is 0.124 e. The third kappa shape index (κ3) is 4.24. The Morgan fingerprint density at radius 2 is 1.27 bits per heavy atom. The summed E-state index contributed by atoms with van der Waals surface area (Å²) >= 11 is 1.76. The van der Waals surface area contributed by atoms with Crippen LogP contribution in [0.3, 0.4) is 0 Å². The van der Waals surface area contributed by atoms with Crippen LogP contribution >= 0.6 is 11.3 Å². The van der Waals surface area contributed by atoms with Crippen molar-refractivity contribution >= 4 is 21.6 Å². The first kappa shape index (κ1) is 26.8. The molecule has 1 aromatic heterocycles. The maximum atomic E-state index is 4.93. The zero-order chi connectivity index (χ0) is 29.8. The molecule has 2 heteroatoms. The lowest BCUT2D eigenvalue weighted by Gasteiger charge is -2.26. The molecule has 8 rings (SSSR count). The molecular weight excluding hydrogens is 551 g/mol. The van der Waals surface area contributed by atoms with E-state index in [-0.39, 0.29) is 11.3 Å². The highest BCUT2D eigenvalue weighted by atomic mass is 32.1. The molecule has 1 nitrogen and oxygen atoms in total. The predicted molar refractivity (Wildman–Crippen MR) is 187 cm³/mol. The summed E-state index contributed by atoms with van der Waals surface area (Å²) in [6, 6.07) is 51.2. The number of aryl methyl sites for hydroxylation is 1. The lowest BCUT2D eigenvalue weighted by molar-refractivity contribution is 0.659. The highest BCUT2D eigenvalue weighted by molar-refractivity contribution is 7.21. The van der Waals surface area contributed by atoms with Gasteiger partial charge >= 0.3 is 0 Å². The second-order valence-corrected chi connectivity index (χ2v) is 13.4. The van der Waals surface area contributed by atoms with Crippen molar-refractivity contribution < 1.29 is 0 Å². The molecule has 1 atom stereocenters. The molecule has 1 unspecified atom stereocenters. The zero-order valence-corrected chi connectivity index (χ0v) is 26.0. The van der Waals surface area contributed by atoms with Crippen LogP contribution in [0, 0.1) is 6.92 Å². The Morgan fingerprint density at radius 3 is 2.09 bits per heavy atom. The van der Waals surface area contributed by atoms with E-state index in [1.165, 1.54) is 65.9 Å². The van der Waals surface area contributed by atoms with Gasteiger partial charge in [-0.1, -0.05) is 135 Å². The quantitative estimate of drug-likeness (QED) is 0.184. The van der Waals surface area contributed by atoms with Crippen LogP contribution in [0.4, 0.5) is 0 Å². The maximum Gasteiger partial charge on any atom is 0.124 e. The Bertz CT molecular complexity index is 2140. The van der Waals surface area contributed by atoms with E-state index >= 15 is 0 Å². The molecule has 0 amide bonds. The van der Waals surface area contributed by atoms with E-state index < -0.39 is 0 Å². The molecule has 0 aliphatic heterocycles. The van der Waals surface area contributed by atoms with E-state index in [0.717, 1.165) is 10.5 Å². The molecule has 1 heterocycles. The summed E-state index contributed by atoms with van der Waals surface area (Å²) in [5, 5.41) is 1.07. The summed E-state index contributed by atoms with van der Waals surface area (Å²) in [6.45, 7) is 6.96. The van der Waals surface area contributed by atoms with Crippen molar-refractivity contribution in [3.63, 3.8) is 0 Å². The highest BCUT2D eigenvalue weighted by Crippen LogP contribution is 2.53. The largest absolute Gasteiger partial charge is 0.236 e. The van der Waals surface area contributed by atoms with E-state index in [1.807, 2.05) is 0 Å². The van der Waals surface area contributed by atoms with Crippen molar-refractivity contribution in [3.05, 3.63) is 173 Å². The van der Waals surface area contributed by atoms with Gasteiger partial charge in [0.2, 0.25) is 0 Å². The van der Waals surface area contributed by atoms with Crippen LogP contribution in [0.15, 0.2) is 140 Å². The standard InChI is InChI=1S/C42H33NS/c1-27-26-29(41-43-37-22-11-12-23-38(37)44-41)24-25-30(27)31-16-7-8-17-32(31)39(28-14-5-4-6-15-28)34-19-13-21-36-40(34)33-18-9-10-20-35(33)42(36,2)3/h4-26,39H,1-3H3. The van der Waals surface area contributed by atoms with Gasteiger partial charge in [0.1, 0.15) is 5.01 Å². The van der Waals surface area contributed by atoms with Gasteiger partial charge in [-0.25, -0.2) is 4.98 Å². The number of nitrogens with zero attached hydrogens (tertiary/aromatic N) is 1. The molecule has 0 saturated heterocycles. The van der Waals surface area contributed by atoms with Crippen molar-refractivity contribution in [1.29, 1.82) is 0 Å². The average molecular weight is 584 g/mol. The van der Waals surface area contributed by atoms with Gasteiger partial charge in [0, 0.05) is 16.9 Å². The summed E-state index contributed by atoms with van der Waals surface area (Å²) < 4.78 is 1.22. The number of hydrogen-bond donors (Lipinski definition) is 0. The monoisotopic (exact) mass is 583 g/mol. The average Bonchev–Trinajstić information content (AvgIpc) is 3.59. The van der Waals surface area contributed by atoms with Crippen molar-refractivity contribution in [2.24, 2.45) is 0 Å². The second-order valence-electron chi connectivity index (χ2n) is 12.4. The van der Waals surface area contributed by atoms with E-state index in [2.05, 4.69) is 160 Å². The van der Waals surface area contributed by atoms with E-state index in [0.29, 0.717) is 0 Å². The van der Waals surface area contributed by atoms with Crippen LogP contribution in [-0.2, 0) is 5.41 Å². The molecule has 0 saturated carbocycles. The Labute approximate surface area is 263 Å². The van der Waals surface area contributed by atoms with Gasteiger partial charge in [-0.3, -0.25) is 0 Å². The number of para-hydroxylation sites is 1. The lowest BCUT2D eigenvalue weighted by atomic mass is 9.77. The minimum atomic E-state index is -0.0459. The van der Waals surface area contributed by atoms with Crippen LogP contribution in [0.1, 0.15) is 53.1 Å². The minimum absolute atomic E-state index is 0.0459. The van der Waals surface area contributed by atoms with Crippen LogP contribution in [-0.4, -0.2) is 4.98 Å². The zero-order valence-electron chi connectivity index (χ0n) is 25.2. The Morgan fingerprint density at radius 1 is 0.591 bits per heavy atom. The topological polar surface area (TPSA) is 12.9 Å². The van der Waals surface area contributed by atoms with Crippen molar-refractivity contribution in [1.82, 2.24) is 4.98 Å². The molecule has 0 fully saturated rings. The van der Waals surface area contributed by atoms with Crippen molar-refractivity contribution in [2.75, 3.05) is 0 Å². The fourth-order valence-electron chi connectivity index (χ4n) is 7.28. The fourth-order valence-corrected chi connectivity index (χ4v) is 8.25. The molecule has 44 heavy (non-hydrogen) atoms. The van der Waals surface area contributed by atoms with Gasteiger partial charge in [0.05, 0.1) is 10.2 Å². The van der Waals surface area contributed by atoms with Crippen LogP contribution in [0.2, 0.25) is 0 Å². The maximum absolute atomic E-state index is 4.93. The van der Waals surface area contributed by atoms with Gasteiger partial charge in [0.15, 0.2) is 0 Å². The van der Waals surface area contributed by atoms with E-state index in [9.17, 15) is 0 Å².